The number of benzene rings is 3. The van der Waals surface area contributed by atoms with Gasteiger partial charge in [-0.1, -0.05) is 18.2 Å². The number of amides is 3. The Balaban J connectivity index is 1.53. The summed E-state index contributed by atoms with van der Waals surface area (Å²) >= 11 is 0. The molecule has 0 aromatic heterocycles. The minimum atomic E-state index is -0.214. The van der Waals surface area contributed by atoms with Crippen molar-refractivity contribution in [1.82, 2.24) is 4.90 Å². The average Bonchev–Trinajstić information content (AvgIpc) is 2.90. The van der Waals surface area contributed by atoms with Gasteiger partial charge in [0.25, 0.3) is 11.8 Å². The summed E-state index contributed by atoms with van der Waals surface area (Å²) in [5, 5.41) is 5.89. The van der Waals surface area contributed by atoms with Gasteiger partial charge in [-0.2, -0.15) is 0 Å². The Morgan fingerprint density at radius 1 is 0.657 bits per heavy atom. The van der Waals surface area contributed by atoms with Crippen LogP contribution in [-0.2, 0) is 4.79 Å². The van der Waals surface area contributed by atoms with Crippen LogP contribution in [0.5, 0.6) is 0 Å². The smallest absolute Gasteiger partial charge is 0.258 e. The molecule has 3 aromatic rings. The largest absolute Gasteiger partial charge is 0.376 e. The number of nitrogens with zero attached hydrogens (tertiary/aromatic N) is 2. The molecule has 0 aliphatic carbocycles. The highest BCUT2D eigenvalue weighted by molar-refractivity contribution is 6.06. The summed E-state index contributed by atoms with van der Waals surface area (Å²) in [6.07, 6.45) is 0. The molecule has 0 aliphatic heterocycles. The number of anilines is 3. The second-order valence-electron chi connectivity index (χ2n) is 7.92. The van der Waals surface area contributed by atoms with Crippen LogP contribution in [0.1, 0.15) is 41.5 Å². The molecular weight excluding hydrogens is 440 g/mol. The van der Waals surface area contributed by atoms with Gasteiger partial charge in [0.2, 0.25) is 5.91 Å². The van der Waals surface area contributed by atoms with Crippen LogP contribution in [0.25, 0.3) is 0 Å². The van der Waals surface area contributed by atoms with Crippen LogP contribution in [0, 0.1) is 0 Å². The van der Waals surface area contributed by atoms with E-state index in [1.807, 2.05) is 51.1 Å². The van der Waals surface area contributed by atoms with Crippen molar-refractivity contribution in [3.05, 3.63) is 90.0 Å². The number of rotatable bonds is 10. The molecule has 182 valence electrons. The molecule has 35 heavy (non-hydrogen) atoms. The quantitative estimate of drug-likeness (QED) is 0.440. The van der Waals surface area contributed by atoms with E-state index in [2.05, 4.69) is 10.6 Å². The molecule has 0 saturated heterocycles. The topological polar surface area (TPSA) is 81.8 Å². The summed E-state index contributed by atoms with van der Waals surface area (Å²) in [6, 6.07) is 23.5. The fourth-order valence-electron chi connectivity index (χ4n) is 3.71. The van der Waals surface area contributed by atoms with E-state index < -0.39 is 0 Å². The van der Waals surface area contributed by atoms with Gasteiger partial charge in [-0.05, 0) is 81.4 Å². The first-order valence-corrected chi connectivity index (χ1v) is 11.9. The lowest BCUT2D eigenvalue weighted by Crippen LogP contribution is -2.30. The van der Waals surface area contributed by atoms with Crippen LogP contribution in [0.2, 0.25) is 0 Å². The Hall–Kier alpha value is -4.13. The van der Waals surface area contributed by atoms with Gasteiger partial charge in [-0.3, -0.25) is 14.4 Å². The number of carbonyl (C=O) groups is 3. The molecular formula is C28H32N4O3. The van der Waals surface area contributed by atoms with E-state index in [1.54, 1.807) is 58.3 Å². The highest BCUT2D eigenvalue weighted by Crippen LogP contribution is 2.18. The molecule has 0 aliphatic rings. The van der Waals surface area contributed by atoms with Crippen molar-refractivity contribution in [1.29, 1.82) is 0 Å². The molecule has 0 fully saturated rings. The molecule has 3 rings (SSSR count). The van der Waals surface area contributed by atoms with Gasteiger partial charge < -0.3 is 20.4 Å². The Kier molecular flexibility index (Phi) is 9.01. The molecule has 0 saturated carbocycles. The van der Waals surface area contributed by atoms with Crippen LogP contribution in [0.15, 0.2) is 78.9 Å². The molecule has 7 nitrogen and oxygen atoms in total. The van der Waals surface area contributed by atoms with Crippen molar-refractivity contribution < 1.29 is 14.4 Å². The van der Waals surface area contributed by atoms with Gasteiger partial charge in [0, 0.05) is 47.8 Å². The van der Waals surface area contributed by atoms with Gasteiger partial charge in [0.1, 0.15) is 0 Å². The number of nitrogens with one attached hydrogen (secondary N) is 2. The average molecular weight is 473 g/mol. The Morgan fingerprint density at radius 2 is 1.20 bits per heavy atom. The molecule has 0 heterocycles. The van der Waals surface area contributed by atoms with E-state index in [0.29, 0.717) is 36.4 Å². The van der Waals surface area contributed by atoms with Crippen LogP contribution in [0.4, 0.5) is 17.1 Å². The molecule has 0 bridgehead atoms. The van der Waals surface area contributed by atoms with E-state index >= 15 is 0 Å². The Morgan fingerprint density at radius 3 is 1.74 bits per heavy atom. The van der Waals surface area contributed by atoms with E-state index in [1.165, 1.54) is 0 Å². The molecule has 3 amide bonds. The third kappa shape index (κ3) is 6.69. The van der Waals surface area contributed by atoms with Gasteiger partial charge in [-0.25, -0.2) is 0 Å². The van der Waals surface area contributed by atoms with Crippen molar-refractivity contribution in [2.75, 3.05) is 41.7 Å². The highest BCUT2D eigenvalue weighted by Gasteiger charge is 2.16. The minimum Gasteiger partial charge on any atom is -0.376 e. The lowest BCUT2D eigenvalue weighted by molar-refractivity contribution is -0.114. The SMILES string of the molecule is CCN(CC)C(=O)c1ccc(NC(=O)CNc2ccc(C(=O)N(CC)c3ccccc3)cc2)cc1. The third-order valence-electron chi connectivity index (χ3n) is 5.68. The fourth-order valence-corrected chi connectivity index (χ4v) is 3.71. The van der Waals surface area contributed by atoms with Gasteiger partial charge in [0.05, 0.1) is 6.54 Å². The van der Waals surface area contributed by atoms with Crippen molar-refractivity contribution in [3.8, 4) is 0 Å². The highest BCUT2D eigenvalue weighted by atomic mass is 16.2. The van der Waals surface area contributed by atoms with E-state index in [0.717, 1.165) is 11.4 Å². The predicted octanol–water partition coefficient (Wildman–Crippen LogP) is 4.89. The number of carbonyl (C=O) groups excluding carboxylic acids is 3. The van der Waals surface area contributed by atoms with Crippen molar-refractivity contribution in [3.63, 3.8) is 0 Å². The maximum Gasteiger partial charge on any atom is 0.258 e. The number of hydrogen-bond donors (Lipinski definition) is 2. The van der Waals surface area contributed by atoms with E-state index in [4.69, 9.17) is 0 Å². The summed E-state index contributed by atoms with van der Waals surface area (Å²) in [7, 11) is 0. The monoisotopic (exact) mass is 472 g/mol. The van der Waals surface area contributed by atoms with Crippen LogP contribution < -0.4 is 15.5 Å². The second kappa shape index (κ2) is 12.4. The van der Waals surface area contributed by atoms with Gasteiger partial charge >= 0.3 is 0 Å². The predicted molar refractivity (Wildman–Crippen MR) is 141 cm³/mol. The minimum absolute atomic E-state index is 0.0257. The maximum absolute atomic E-state index is 12.9. The molecule has 7 heteroatoms. The molecule has 0 atom stereocenters. The summed E-state index contributed by atoms with van der Waals surface area (Å²) in [5.41, 5.74) is 3.37. The normalized spacial score (nSPS) is 10.4. The molecule has 2 N–H and O–H groups in total. The second-order valence-corrected chi connectivity index (χ2v) is 7.92. The van der Waals surface area contributed by atoms with Crippen LogP contribution in [0.3, 0.4) is 0 Å². The van der Waals surface area contributed by atoms with Gasteiger partial charge in [0.15, 0.2) is 0 Å². The zero-order valence-electron chi connectivity index (χ0n) is 20.5. The Bertz CT molecular complexity index is 1130. The summed E-state index contributed by atoms with van der Waals surface area (Å²) in [6.45, 7) is 7.76. The van der Waals surface area contributed by atoms with Crippen LogP contribution in [-0.4, -0.2) is 48.8 Å². The summed E-state index contributed by atoms with van der Waals surface area (Å²) in [5.74, 6) is -0.317. The Labute approximate surface area is 206 Å². The van der Waals surface area contributed by atoms with E-state index in [9.17, 15) is 14.4 Å². The third-order valence-corrected chi connectivity index (χ3v) is 5.68. The molecule has 0 spiro atoms. The lowest BCUT2D eigenvalue weighted by atomic mass is 10.1. The standard InChI is InChI=1S/C28H32N4O3/c1-4-31(5-2)27(34)21-14-18-24(19-15-21)30-26(33)20-29-23-16-12-22(13-17-23)28(35)32(6-3)25-10-8-7-9-11-25/h7-19,29H,4-6,20H2,1-3H3,(H,30,33). The van der Waals surface area contributed by atoms with Crippen molar-refractivity contribution in [2.24, 2.45) is 0 Å². The van der Waals surface area contributed by atoms with E-state index in [-0.39, 0.29) is 24.3 Å². The molecule has 0 radical (unpaired) electrons. The number of hydrogen-bond acceptors (Lipinski definition) is 4. The first kappa shape index (κ1) is 25.5. The molecule has 0 unspecified atom stereocenters. The zero-order chi connectivity index (χ0) is 25.2. The lowest BCUT2D eigenvalue weighted by Gasteiger charge is -2.21. The van der Waals surface area contributed by atoms with Crippen LogP contribution >= 0.6 is 0 Å². The maximum atomic E-state index is 12.9. The first-order valence-electron chi connectivity index (χ1n) is 11.9. The number of para-hydroxylation sites is 1. The fraction of sp³-hybridized carbons (Fsp3) is 0.250. The molecule has 3 aromatic carbocycles. The summed E-state index contributed by atoms with van der Waals surface area (Å²) < 4.78 is 0. The van der Waals surface area contributed by atoms with Gasteiger partial charge in [-0.15, -0.1) is 0 Å². The van der Waals surface area contributed by atoms with Crippen molar-refractivity contribution >= 4 is 34.8 Å². The summed E-state index contributed by atoms with van der Waals surface area (Å²) in [4.78, 5) is 41.1. The first-order chi connectivity index (χ1) is 17.0. The zero-order valence-corrected chi connectivity index (χ0v) is 20.5. The van der Waals surface area contributed by atoms with Crippen molar-refractivity contribution in [2.45, 2.75) is 20.8 Å².